The van der Waals surface area contributed by atoms with Crippen LogP contribution in [0.15, 0.2) is 30.5 Å². The van der Waals surface area contributed by atoms with Crippen LogP contribution in [0, 0.1) is 0 Å². The quantitative estimate of drug-likeness (QED) is 0.523. The molecule has 0 atom stereocenters. The number of rotatable bonds is 7. The SMILES string of the molecule is CCn1nccc1C(=O)N(CCCN1CCOCC1)c1nc2c(Cl)cccc2s1.Cl. The average Bonchev–Trinajstić information content (AvgIpc) is 3.39. The van der Waals surface area contributed by atoms with Gasteiger partial charge < -0.3 is 4.74 Å². The minimum Gasteiger partial charge on any atom is -0.379 e. The minimum atomic E-state index is -0.0819. The molecule has 10 heteroatoms. The van der Waals surface area contributed by atoms with E-state index in [0.29, 0.717) is 28.9 Å². The van der Waals surface area contributed by atoms with Gasteiger partial charge in [0.25, 0.3) is 5.91 Å². The van der Waals surface area contributed by atoms with Crippen LogP contribution in [0.25, 0.3) is 10.2 Å². The van der Waals surface area contributed by atoms with Gasteiger partial charge in [-0.3, -0.25) is 19.3 Å². The Labute approximate surface area is 191 Å². The summed E-state index contributed by atoms with van der Waals surface area (Å²) in [6, 6.07) is 7.48. The lowest BCUT2D eigenvalue weighted by Gasteiger charge is -2.27. The van der Waals surface area contributed by atoms with Gasteiger partial charge >= 0.3 is 0 Å². The van der Waals surface area contributed by atoms with E-state index in [2.05, 4.69) is 10.00 Å². The second kappa shape index (κ2) is 10.5. The highest BCUT2D eigenvalue weighted by molar-refractivity contribution is 7.22. The van der Waals surface area contributed by atoms with Gasteiger partial charge in [0.1, 0.15) is 11.2 Å². The maximum absolute atomic E-state index is 13.4. The number of hydrogen-bond donors (Lipinski definition) is 0. The zero-order valence-corrected chi connectivity index (χ0v) is 19.2. The molecule has 1 fully saturated rings. The third kappa shape index (κ3) is 4.95. The van der Waals surface area contributed by atoms with E-state index in [0.717, 1.165) is 49.5 Å². The van der Waals surface area contributed by atoms with Crippen molar-refractivity contribution >= 4 is 56.6 Å². The molecular weight excluding hydrogens is 445 g/mol. The molecule has 1 saturated heterocycles. The van der Waals surface area contributed by atoms with E-state index in [1.807, 2.05) is 25.1 Å². The number of para-hydroxylation sites is 1. The highest BCUT2D eigenvalue weighted by atomic mass is 35.5. The van der Waals surface area contributed by atoms with Gasteiger partial charge in [-0.15, -0.1) is 12.4 Å². The number of carbonyl (C=O) groups is 1. The molecule has 7 nitrogen and oxygen atoms in total. The molecule has 0 saturated carbocycles. The summed E-state index contributed by atoms with van der Waals surface area (Å²) in [5.74, 6) is -0.0819. The first-order valence-electron chi connectivity index (χ1n) is 9.86. The predicted octanol–water partition coefficient (Wildman–Crippen LogP) is 3.96. The molecule has 1 aliphatic heterocycles. The highest BCUT2D eigenvalue weighted by Crippen LogP contribution is 2.33. The summed E-state index contributed by atoms with van der Waals surface area (Å²) in [6.07, 6.45) is 2.52. The lowest BCUT2D eigenvalue weighted by molar-refractivity contribution is 0.0376. The molecule has 1 amide bonds. The Kier molecular flexibility index (Phi) is 8.07. The third-order valence-corrected chi connectivity index (χ3v) is 6.38. The van der Waals surface area contributed by atoms with Crippen LogP contribution in [0.4, 0.5) is 5.13 Å². The molecule has 1 aliphatic rings. The maximum Gasteiger partial charge on any atom is 0.278 e. The molecule has 0 unspecified atom stereocenters. The van der Waals surface area contributed by atoms with Crippen LogP contribution >= 0.6 is 35.3 Å². The molecule has 30 heavy (non-hydrogen) atoms. The van der Waals surface area contributed by atoms with Gasteiger partial charge in [0, 0.05) is 38.9 Å². The first-order chi connectivity index (χ1) is 14.2. The van der Waals surface area contributed by atoms with Crippen LogP contribution in [-0.2, 0) is 11.3 Å². The van der Waals surface area contributed by atoms with Gasteiger partial charge in [-0.2, -0.15) is 5.10 Å². The average molecular weight is 470 g/mol. The summed E-state index contributed by atoms with van der Waals surface area (Å²) < 4.78 is 8.11. The number of anilines is 1. The van der Waals surface area contributed by atoms with Crippen molar-refractivity contribution in [3.63, 3.8) is 0 Å². The normalized spacial score (nSPS) is 14.6. The molecule has 2 aromatic heterocycles. The van der Waals surface area contributed by atoms with Gasteiger partial charge in [-0.1, -0.05) is 29.0 Å². The number of ether oxygens (including phenoxy) is 1. The maximum atomic E-state index is 13.4. The third-order valence-electron chi connectivity index (χ3n) is 5.03. The number of aryl methyl sites for hydroxylation is 1. The summed E-state index contributed by atoms with van der Waals surface area (Å²) in [4.78, 5) is 22.2. The molecule has 0 radical (unpaired) electrons. The van der Waals surface area contributed by atoms with Crippen LogP contribution < -0.4 is 4.90 Å². The van der Waals surface area contributed by atoms with Crippen molar-refractivity contribution in [1.82, 2.24) is 19.7 Å². The highest BCUT2D eigenvalue weighted by Gasteiger charge is 2.24. The van der Waals surface area contributed by atoms with Crippen LogP contribution in [0.1, 0.15) is 23.8 Å². The predicted molar refractivity (Wildman–Crippen MR) is 123 cm³/mol. The zero-order valence-electron chi connectivity index (χ0n) is 16.8. The molecule has 0 bridgehead atoms. The molecule has 3 heterocycles. The fraction of sp³-hybridized carbons (Fsp3) is 0.450. The van der Waals surface area contributed by atoms with Crippen molar-refractivity contribution in [2.75, 3.05) is 44.3 Å². The first-order valence-corrected chi connectivity index (χ1v) is 11.1. The Morgan fingerprint density at radius 3 is 2.83 bits per heavy atom. The minimum absolute atomic E-state index is 0. The van der Waals surface area contributed by atoms with Crippen molar-refractivity contribution < 1.29 is 9.53 Å². The summed E-state index contributed by atoms with van der Waals surface area (Å²) in [5, 5.41) is 5.52. The van der Waals surface area contributed by atoms with E-state index in [4.69, 9.17) is 21.3 Å². The van der Waals surface area contributed by atoms with Gasteiger partial charge in [-0.25, -0.2) is 4.98 Å². The molecule has 0 N–H and O–H groups in total. The first kappa shape index (κ1) is 23.0. The summed E-state index contributed by atoms with van der Waals surface area (Å²) in [5.41, 5.74) is 1.31. The van der Waals surface area contributed by atoms with E-state index < -0.39 is 0 Å². The number of morpholine rings is 1. The van der Waals surface area contributed by atoms with Crippen LogP contribution in [0.5, 0.6) is 0 Å². The molecule has 0 aliphatic carbocycles. The standard InChI is InChI=1S/C20H24ClN5O2S.ClH/c1-2-26-16(7-8-22-26)19(27)25(10-4-9-24-11-13-28-14-12-24)20-23-18-15(21)5-3-6-17(18)29-20;/h3,5-8H,2,4,9-14H2,1H3;1H. The van der Waals surface area contributed by atoms with E-state index >= 15 is 0 Å². The zero-order chi connectivity index (χ0) is 20.2. The van der Waals surface area contributed by atoms with Crippen molar-refractivity contribution in [3.05, 3.63) is 41.2 Å². The van der Waals surface area contributed by atoms with Crippen molar-refractivity contribution in [3.8, 4) is 0 Å². The van der Waals surface area contributed by atoms with E-state index in [9.17, 15) is 4.79 Å². The number of fused-ring (bicyclic) bond motifs is 1. The Balaban J connectivity index is 0.00000256. The lowest BCUT2D eigenvalue weighted by Crippen LogP contribution is -2.39. The summed E-state index contributed by atoms with van der Waals surface area (Å²) in [7, 11) is 0. The van der Waals surface area contributed by atoms with Gasteiger partial charge in [0.05, 0.1) is 22.9 Å². The van der Waals surface area contributed by atoms with Gasteiger partial charge in [-0.05, 0) is 31.5 Å². The summed E-state index contributed by atoms with van der Waals surface area (Å²) >= 11 is 7.81. The fourth-order valence-corrected chi connectivity index (χ4v) is 4.77. The summed E-state index contributed by atoms with van der Waals surface area (Å²) in [6.45, 7) is 7.55. The second-order valence-electron chi connectivity index (χ2n) is 6.88. The van der Waals surface area contributed by atoms with Gasteiger partial charge in [0.2, 0.25) is 0 Å². The van der Waals surface area contributed by atoms with Crippen LogP contribution in [0.3, 0.4) is 0 Å². The smallest absolute Gasteiger partial charge is 0.278 e. The van der Waals surface area contributed by atoms with E-state index in [-0.39, 0.29) is 18.3 Å². The fourth-order valence-electron chi connectivity index (χ4n) is 3.48. The molecule has 0 spiro atoms. The molecular formula is C20H25Cl2N5O2S. The Hall–Kier alpha value is -1.71. The topological polar surface area (TPSA) is 63.5 Å². The van der Waals surface area contributed by atoms with E-state index in [1.165, 1.54) is 11.3 Å². The Morgan fingerprint density at radius 1 is 1.30 bits per heavy atom. The number of hydrogen-bond acceptors (Lipinski definition) is 6. The lowest BCUT2D eigenvalue weighted by atomic mass is 10.3. The monoisotopic (exact) mass is 469 g/mol. The van der Waals surface area contributed by atoms with Crippen LogP contribution in [0.2, 0.25) is 5.02 Å². The largest absolute Gasteiger partial charge is 0.379 e. The number of carbonyl (C=O) groups excluding carboxylic acids is 1. The van der Waals surface area contributed by atoms with Crippen molar-refractivity contribution in [1.29, 1.82) is 0 Å². The molecule has 162 valence electrons. The molecule has 3 aromatic rings. The number of benzene rings is 1. The van der Waals surface area contributed by atoms with Crippen molar-refractivity contribution in [2.24, 2.45) is 0 Å². The van der Waals surface area contributed by atoms with Crippen LogP contribution in [-0.4, -0.2) is 65.0 Å². The van der Waals surface area contributed by atoms with Gasteiger partial charge in [0.15, 0.2) is 5.13 Å². The van der Waals surface area contributed by atoms with E-state index in [1.54, 1.807) is 21.8 Å². The van der Waals surface area contributed by atoms with Crippen molar-refractivity contribution in [2.45, 2.75) is 19.9 Å². The number of aromatic nitrogens is 3. The Morgan fingerprint density at radius 2 is 2.10 bits per heavy atom. The Bertz CT molecular complexity index is 987. The number of amides is 1. The second-order valence-corrected chi connectivity index (χ2v) is 8.30. The number of thiazole rings is 1. The number of nitrogens with zero attached hydrogens (tertiary/aromatic N) is 5. The molecule has 1 aromatic carbocycles. The number of halogens is 2. The molecule has 4 rings (SSSR count).